The number of thiophene rings is 1. The van der Waals surface area contributed by atoms with Crippen molar-refractivity contribution in [2.24, 2.45) is 0 Å². The zero-order valence-electron chi connectivity index (χ0n) is 22.4. The summed E-state index contributed by atoms with van der Waals surface area (Å²) in [4.78, 5) is 24.4. The molecular weight excluding hydrogens is 583 g/mol. The second kappa shape index (κ2) is 11.1. The SMILES string of the molecule is O=C(O)c1cc2c(nc(CN3CC=C(c4cccc(OCc5ccc(Cl)c6cc(F)oc56)n4)CC3)n2C[C@@H]2CCO2)s1. The quantitative estimate of drug-likeness (QED) is 0.205. The summed E-state index contributed by atoms with van der Waals surface area (Å²) in [5.74, 6) is 0.451. The molecule has 0 spiro atoms. The van der Waals surface area contributed by atoms with Crippen LogP contribution in [0, 0.1) is 6.01 Å². The molecule has 0 saturated carbocycles. The monoisotopic (exact) mass is 608 g/mol. The average molecular weight is 609 g/mol. The first-order valence-corrected chi connectivity index (χ1v) is 14.8. The predicted octanol–water partition coefficient (Wildman–Crippen LogP) is 6.39. The van der Waals surface area contributed by atoms with E-state index >= 15 is 0 Å². The van der Waals surface area contributed by atoms with Crippen molar-refractivity contribution < 1.29 is 28.2 Å². The number of pyridine rings is 1. The number of nitrogens with zero attached hydrogens (tertiary/aromatic N) is 4. The molecule has 0 aliphatic carbocycles. The number of fused-ring (bicyclic) bond motifs is 2. The lowest BCUT2D eigenvalue weighted by Crippen LogP contribution is -2.33. The highest BCUT2D eigenvalue weighted by Gasteiger charge is 2.25. The number of ether oxygens (including phenoxy) is 2. The largest absolute Gasteiger partial charge is 0.477 e. The van der Waals surface area contributed by atoms with Gasteiger partial charge in [0, 0.05) is 42.8 Å². The van der Waals surface area contributed by atoms with Crippen molar-refractivity contribution in [3.63, 3.8) is 0 Å². The van der Waals surface area contributed by atoms with E-state index in [2.05, 4.69) is 15.5 Å². The van der Waals surface area contributed by atoms with Crippen LogP contribution in [0.15, 0.2) is 53.0 Å². The number of hydrogen-bond donors (Lipinski definition) is 1. The Hall–Kier alpha value is -3.77. The van der Waals surface area contributed by atoms with E-state index in [0.29, 0.717) is 45.4 Å². The third-order valence-electron chi connectivity index (χ3n) is 7.69. The van der Waals surface area contributed by atoms with Crippen molar-refractivity contribution in [2.45, 2.75) is 38.6 Å². The molecule has 6 heterocycles. The minimum atomic E-state index is -0.932. The van der Waals surface area contributed by atoms with E-state index in [4.69, 9.17) is 35.5 Å². The van der Waals surface area contributed by atoms with Crippen LogP contribution in [-0.2, 0) is 24.4 Å². The molecule has 5 aromatic rings. The van der Waals surface area contributed by atoms with E-state index in [1.807, 2.05) is 12.1 Å². The summed E-state index contributed by atoms with van der Waals surface area (Å²) in [6.45, 7) is 3.80. The van der Waals surface area contributed by atoms with Crippen LogP contribution in [-0.4, -0.2) is 56.3 Å². The summed E-state index contributed by atoms with van der Waals surface area (Å²) >= 11 is 7.38. The zero-order valence-corrected chi connectivity index (χ0v) is 24.0. The predicted molar refractivity (Wildman–Crippen MR) is 157 cm³/mol. The molecule has 9 nitrogen and oxygen atoms in total. The van der Waals surface area contributed by atoms with Crippen LogP contribution >= 0.6 is 22.9 Å². The molecule has 1 atom stereocenters. The molecule has 0 bridgehead atoms. The van der Waals surface area contributed by atoms with Gasteiger partial charge in [0.2, 0.25) is 5.88 Å². The number of aromatic nitrogens is 3. The molecule has 4 aromatic heterocycles. The highest BCUT2D eigenvalue weighted by Crippen LogP contribution is 2.32. The molecule has 2 aliphatic heterocycles. The van der Waals surface area contributed by atoms with Gasteiger partial charge in [0.1, 0.15) is 27.7 Å². The minimum Gasteiger partial charge on any atom is -0.477 e. The molecule has 2 aliphatic rings. The first-order chi connectivity index (χ1) is 20.4. The van der Waals surface area contributed by atoms with E-state index in [0.717, 1.165) is 60.0 Å². The van der Waals surface area contributed by atoms with E-state index in [1.54, 1.807) is 24.3 Å². The van der Waals surface area contributed by atoms with Gasteiger partial charge in [-0.3, -0.25) is 4.90 Å². The van der Waals surface area contributed by atoms with E-state index in [1.165, 1.54) is 17.4 Å². The van der Waals surface area contributed by atoms with Gasteiger partial charge in [-0.2, -0.15) is 4.39 Å². The number of carboxylic acid groups (broad SMARTS) is 1. The van der Waals surface area contributed by atoms with Gasteiger partial charge in [0.15, 0.2) is 0 Å². The van der Waals surface area contributed by atoms with Gasteiger partial charge in [-0.1, -0.05) is 29.8 Å². The molecule has 0 amide bonds. The van der Waals surface area contributed by atoms with Gasteiger partial charge in [-0.05, 0) is 36.6 Å². The normalized spacial score (nSPS) is 17.5. The molecule has 1 aromatic carbocycles. The van der Waals surface area contributed by atoms with Crippen LogP contribution in [0.25, 0.3) is 26.9 Å². The second-order valence-corrected chi connectivity index (χ2v) is 11.8. The van der Waals surface area contributed by atoms with Crippen LogP contribution < -0.4 is 4.74 Å². The van der Waals surface area contributed by atoms with Crippen LogP contribution in [0.5, 0.6) is 5.88 Å². The molecule has 12 heteroatoms. The fourth-order valence-corrected chi connectivity index (χ4v) is 6.46. The number of benzene rings is 1. The van der Waals surface area contributed by atoms with Gasteiger partial charge in [0.05, 0.1) is 35.4 Å². The van der Waals surface area contributed by atoms with Gasteiger partial charge in [-0.15, -0.1) is 11.3 Å². The Kier molecular flexibility index (Phi) is 7.19. The number of carbonyl (C=O) groups is 1. The topological polar surface area (TPSA) is 103 Å². The third kappa shape index (κ3) is 5.29. The number of hydrogen-bond acceptors (Lipinski definition) is 8. The lowest BCUT2D eigenvalue weighted by Gasteiger charge is -2.29. The van der Waals surface area contributed by atoms with Gasteiger partial charge in [-0.25, -0.2) is 14.8 Å². The Morgan fingerprint density at radius 3 is 2.88 bits per heavy atom. The second-order valence-electron chi connectivity index (χ2n) is 10.4. The number of halogens is 2. The summed E-state index contributed by atoms with van der Waals surface area (Å²) in [6, 6.07) is 11.4. The van der Waals surface area contributed by atoms with Crippen LogP contribution in [0.2, 0.25) is 5.02 Å². The van der Waals surface area contributed by atoms with E-state index in [-0.39, 0.29) is 12.7 Å². The number of rotatable bonds is 9. The summed E-state index contributed by atoms with van der Waals surface area (Å²) < 4.78 is 32.6. The standard InChI is InChI=1S/C30H26ClFN4O5S/c31-21-5-4-18(28-20(21)12-25(32)41-28)16-40-27-3-1-2-22(33-27)17-6-9-35(10-7-17)15-26-34-29-23(13-24(42-29)30(37)38)36(26)14-19-8-11-39-19/h1-6,12-13,19H,7-11,14-16H2,(H,37,38)/t19-/m0/s1. The number of aromatic carboxylic acids is 1. The van der Waals surface area contributed by atoms with Crippen molar-refractivity contribution in [1.29, 1.82) is 0 Å². The van der Waals surface area contributed by atoms with Crippen molar-refractivity contribution in [3.8, 4) is 5.88 Å². The Morgan fingerprint density at radius 1 is 1.24 bits per heavy atom. The molecule has 42 heavy (non-hydrogen) atoms. The molecule has 1 saturated heterocycles. The van der Waals surface area contributed by atoms with Crippen LogP contribution in [0.1, 0.15) is 39.6 Å². The molecule has 216 valence electrons. The first kappa shape index (κ1) is 27.1. The Balaban J connectivity index is 1.04. The fourth-order valence-electron chi connectivity index (χ4n) is 5.37. The fraction of sp³-hybridized carbons (Fsp3) is 0.300. The van der Waals surface area contributed by atoms with Crippen molar-refractivity contribution in [2.75, 3.05) is 19.7 Å². The highest BCUT2D eigenvalue weighted by atomic mass is 35.5. The highest BCUT2D eigenvalue weighted by molar-refractivity contribution is 7.20. The van der Waals surface area contributed by atoms with Crippen LogP contribution in [0.3, 0.4) is 0 Å². The lowest BCUT2D eigenvalue weighted by molar-refractivity contribution is -0.0591. The number of carboxylic acids is 1. The smallest absolute Gasteiger partial charge is 0.346 e. The molecule has 0 radical (unpaired) electrons. The van der Waals surface area contributed by atoms with E-state index in [9.17, 15) is 14.3 Å². The van der Waals surface area contributed by atoms with Crippen molar-refractivity contribution in [1.82, 2.24) is 19.4 Å². The molecule has 1 N–H and O–H groups in total. The maximum Gasteiger partial charge on any atom is 0.346 e. The summed E-state index contributed by atoms with van der Waals surface area (Å²) in [6.07, 6.45) is 4.11. The Morgan fingerprint density at radius 2 is 2.12 bits per heavy atom. The summed E-state index contributed by atoms with van der Waals surface area (Å²) in [7, 11) is 0. The zero-order chi connectivity index (χ0) is 28.8. The van der Waals surface area contributed by atoms with Gasteiger partial charge < -0.3 is 23.6 Å². The molecule has 0 unspecified atom stereocenters. The molecular formula is C30H26ClFN4O5S. The lowest BCUT2D eigenvalue weighted by atomic mass is 10.0. The molecule has 7 rings (SSSR count). The first-order valence-electron chi connectivity index (χ1n) is 13.6. The van der Waals surface area contributed by atoms with Gasteiger partial charge in [0.25, 0.3) is 6.01 Å². The Labute approximate surface area is 248 Å². The third-order valence-corrected chi connectivity index (χ3v) is 9.02. The Bertz CT molecular complexity index is 1840. The minimum absolute atomic E-state index is 0.133. The summed E-state index contributed by atoms with van der Waals surface area (Å²) in [5, 5.41) is 10.4. The number of furan rings is 1. The van der Waals surface area contributed by atoms with Crippen LogP contribution in [0.4, 0.5) is 4.39 Å². The van der Waals surface area contributed by atoms with E-state index < -0.39 is 12.0 Å². The number of imidazole rings is 1. The molecule has 1 fully saturated rings. The average Bonchev–Trinajstić information content (AvgIpc) is 3.64. The maximum absolute atomic E-state index is 13.7. The maximum atomic E-state index is 13.7. The van der Waals surface area contributed by atoms with Crippen molar-refractivity contribution in [3.05, 3.63) is 81.5 Å². The van der Waals surface area contributed by atoms with Gasteiger partial charge >= 0.3 is 5.97 Å². The summed E-state index contributed by atoms with van der Waals surface area (Å²) in [5.41, 5.74) is 3.89. The van der Waals surface area contributed by atoms with Crippen molar-refractivity contribution >= 4 is 55.8 Å².